The Morgan fingerprint density at radius 3 is 1.50 bits per heavy atom. The molecule has 1 fully saturated rings. The molecular formula is C41H48O11. The number of hydrogen-bond donors (Lipinski definition) is 2. The first-order chi connectivity index (χ1) is 25.1. The van der Waals surface area contributed by atoms with E-state index in [1.54, 1.807) is 71.8 Å². The fraction of sp³-hybridized carbons (Fsp3) is 0.415. The average molecular weight is 717 g/mol. The molecule has 278 valence electrons. The van der Waals surface area contributed by atoms with Crippen LogP contribution in [0.1, 0.15) is 74.4 Å². The van der Waals surface area contributed by atoms with Gasteiger partial charge >= 0.3 is 0 Å². The molecule has 2 aliphatic rings. The number of rotatable bonds is 14. The SMILES string of the molecule is COc1ccc([C@@H](O)[C@H](C)Oc2ccc([C@@H]3O[C@H](c4ccc(O[C@@H](C)[C@H](O)c5ccc6c(c5)OCO6)c(OC)c4)[C@H](C)[C@@H]3C)cc2OC)cc1OC. The van der Waals surface area contributed by atoms with Crippen LogP contribution in [0.15, 0.2) is 72.8 Å². The van der Waals surface area contributed by atoms with Crippen LogP contribution in [0.4, 0.5) is 0 Å². The lowest BCUT2D eigenvalue weighted by molar-refractivity contribution is 0.0281. The zero-order valence-electron chi connectivity index (χ0n) is 30.8. The Balaban J connectivity index is 1.14. The fourth-order valence-electron chi connectivity index (χ4n) is 6.84. The second-order valence-corrected chi connectivity index (χ2v) is 13.3. The first kappa shape index (κ1) is 36.9. The fourth-order valence-corrected chi connectivity index (χ4v) is 6.84. The van der Waals surface area contributed by atoms with Crippen molar-refractivity contribution in [1.82, 2.24) is 0 Å². The van der Waals surface area contributed by atoms with E-state index in [4.69, 9.17) is 42.6 Å². The Labute approximate surface area is 304 Å². The molecule has 4 aromatic rings. The summed E-state index contributed by atoms with van der Waals surface area (Å²) in [6.07, 6.45) is -3.43. The summed E-state index contributed by atoms with van der Waals surface area (Å²) >= 11 is 0. The normalized spacial score (nSPS) is 21.5. The first-order valence-electron chi connectivity index (χ1n) is 17.4. The van der Waals surface area contributed by atoms with Crippen molar-refractivity contribution in [2.45, 2.75) is 64.3 Å². The lowest BCUT2D eigenvalue weighted by Crippen LogP contribution is -2.22. The Hall–Kier alpha value is -4.84. The Kier molecular flexibility index (Phi) is 11.2. The zero-order valence-corrected chi connectivity index (χ0v) is 30.8. The van der Waals surface area contributed by atoms with Crippen LogP contribution >= 0.6 is 0 Å². The van der Waals surface area contributed by atoms with Crippen molar-refractivity contribution in [2.24, 2.45) is 11.8 Å². The monoisotopic (exact) mass is 716 g/mol. The average Bonchev–Trinajstić information content (AvgIpc) is 3.77. The Morgan fingerprint density at radius 2 is 0.981 bits per heavy atom. The summed E-state index contributed by atoms with van der Waals surface area (Å²) < 4.78 is 52.3. The molecule has 8 atom stereocenters. The minimum Gasteiger partial charge on any atom is -0.493 e. The number of methoxy groups -OCH3 is 4. The number of aliphatic hydroxyl groups excluding tert-OH is 2. The third-order valence-corrected chi connectivity index (χ3v) is 10.1. The van der Waals surface area contributed by atoms with Gasteiger partial charge in [-0.2, -0.15) is 0 Å². The molecule has 0 bridgehead atoms. The standard InChI is InChI=1S/C41H48O11/c1-22-23(2)41(29-12-16-33(36(20-29)47-8)51-25(4)39(43)27-10-14-31-37(18-27)49-21-48-31)52-40(22)28-11-15-32(35(19-28)46-7)50-24(3)38(42)26-9-13-30(44-5)34(17-26)45-6/h9-20,22-25,38-43H,21H2,1-8H3/t22-,23+,24-,25-,38-,39-,40+,41-/m0/s1. The molecule has 0 unspecified atom stereocenters. The Morgan fingerprint density at radius 1 is 0.538 bits per heavy atom. The molecule has 11 nitrogen and oxygen atoms in total. The minimum absolute atomic E-state index is 0.164. The van der Waals surface area contributed by atoms with Crippen LogP contribution in [0.3, 0.4) is 0 Å². The lowest BCUT2D eigenvalue weighted by Gasteiger charge is -2.24. The molecular weight excluding hydrogens is 668 g/mol. The van der Waals surface area contributed by atoms with Crippen molar-refractivity contribution in [3.8, 4) is 46.0 Å². The van der Waals surface area contributed by atoms with Gasteiger partial charge in [-0.05, 0) is 96.5 Å². The number of benzene rings is 4. The highest BCUT2D eigenvalue weighted by molar-refractivity contribution is 5.48. The van der Waals surface area contributed by atoms with E-state index < -0.39 is 24.4 Å². The van der Waals surface area contributed by atoms with E-state index in [9.17, 15) is 10.2 Å². The molecule has 2 heterocycles. The van der Waals surface area contributed by atoms with Crippen LogP contribution in [-0.4, -0.2) is 57.7 Å². The second kappa shape index (κ2) is 15.8. The van der Waals surface area contributed by atoms with Gasteiger partial charge in [-0.15, -0.1) is 0 Å². The summed E-state index contributed by atoms with van der Waals surface area (Å²) in [5, 5.41) is 22.2. The van der Waals surface area contributed by atoms with E-state index in [2.05, 4.69) is 13.8 Å². The lowest BCUT2D eigenvalue weighted by atomic mass is 9.85. The molecule has 1 saturated heterocycles. The van der Waals surface area contributed by atoms with E-state index in [1.165, 1.54) is 0 Å². The van der Waals surface area contributed by atoms with Gasteiger partial charge in [0.2, 0.25) is 6.79 Å². The summed E-state index contributed by atoms with van der Waals surface area (Å²) in [6.45, 7) is 8.14. The summed E-state index contributed by atoms with van der Waals surface area (Å²) in [6, 6.07) is 22.2. The summed E-state index contributed by atoms with van der Waals surface area (Å²) in [4.78, 5) is 0. The Bertz CT molecular complexity index is 1840. The van der Waals surface area contributed by atoms with Crippen molar-refractivity contribution in [3.05, 3.63) is 95.1 Å². The van der Waals surface area contributed by atoms with Gasteiger partial charge in [-0.3, -0.25) is 0 Å². The molecule has 0 radical (unpaired) electrons. The van der Waals surface area contributed by atoms with E-state index in [-0.39, 0.29) is 30.8 Å². The van der Waals surface area contributed by atoms with Gasteiger partial charge < -0.3 is 52.8 Å². The van der Waals surface area contributed by atoms with Crippen LogP contribution < -0.4 is 37.9 Å². The van der Waals surface area contributed by atoms with Crippen molar-refractivity contribution in [3.63, 3.8) is 0 Å². The predicted octanol–water partition coefficient (Wildman–Crippen LogP) is 7.54. The number of fused-ring (bicyclic) bond motifs is 1. The van der Waals surface area contributed by atoms with E-state index in [0.717, 1.165) is 11.1 Å². The first-order valence-corrected chi connectivity index (χ1v) is 17.4. The van der Waals surface area contributed by atoms with Crippen LogP contribution in [0.25, 0.3) is 0 Å². The van der Waals surface area contributed by atoms with Crippen molar-refractivity contribution in [1.29, 1.82) is 0 Å². The summed E-state index contributed by atoms with van der Waals surface area (Å²) in [7, 11) is 6.31. The number of hydrogen-bond acceptors (Lipinski definition) is 11. The molecule has 0 aromatic heterocycles. The zero-order chi connectivity index (χ0) is 37.1. The van der Waals surface area contributed by atoms with Gasteiger partial charge in [-0.25, -0.2) is 0 Å². The van der Waals surface area contributed by atoms with Gasteiger partial charge in [0.05, 0.1) is 40.6 Å². The maximum Gasteiger partial charge on any atom is 0.231 e. The van der Waals surface area contributed by atoms with Crippen molar-refractivity contribution >= 4 is 0 Å². The van der Waals surface area contributed by atoms with Crippen molar-refractivity contribution < 1.29 is 52.8 Å². The van der Waals surface area contributed by atoms with E-state index >= 15 is 0 Å². The molecule has 11 heteroatoms. The van der Waals surface area contributed by atoms with Crippen molar-refractivity contribution in [2.75, 3.05) is 35.2 Å². The van der Waals surface area contributed by atoms with E-state index in [0.29, 0.717) is 57.1 Å². The van der Waals surface area contributed by atoms with Gasteiger partial charge in [0, 0.05) is 0 Å². The second-order valence-electron chi connectivity index (χ2n) is 13.3. The molecule has 0 amide bonds. The summed E-state index contributed by atoms with van der Waals surface area (Å²) in [5.41, 5.74) is 3.22. The molecule has 0 aliphatic carbocycles. The third-order valence-electron chi connectivity index (χ3n) is 10.1. The van der Waals surface area contributed by atoms with Gasteiger partial charge in [0.25, 0.3) is 0 Å². The minimum atomic E-state index is -0.930. The molecule has 0 spiro atoms. The van der Waals surface area contributed by atoms with Crippen LogP contribution in [-0.2, 0) is 4.74 Å². The summed E-state index contributed by atoms with van der Waals surface area (Å²) in [5.74, 6) is 4.80. The van der Waals surface area contributed by atoms with Gasteiger partial charge in [0.1, 0.15) is 24.4 Å². The molecule has 6 rings (SSSR count). The molecule has 52 heavy (non-hydrogen) atoms. The quantitative estimate of drug-likeness (QED) is 0.135. The highest BCUT2D eigenvalue weighted by atomic mass is 16.7. The van der Waals surface area contributed by atoms with Crippen LogP contribution in [0.5, 0.6) is 46.0 Å². The smallest absolute Gasteiger partial charge is 0.231 e. The topological polar surface area (TPSA) is 124 Å². The molecule has 2 N–H and O–H groups in total. The van der Waals surface area contributed by atoms with E-state index in [1.807, 2.05) is 43.3 Å². The maximum absolute atomic E-state index is 11.1. The largest absolute Gasteiger partial charge is 0.493 e. The number of ether oxygens (including phenoxy) is 9. The van der Waals surface area contributed by atoms with Crippen LogP contribution in [0.2, 0.25) is 0 Å². The molecule has 0 saturated carbocycles. The predicted molar refractivity (Wildman–Crippen MR) is 193 cm³/mol. The van der Waals surface area contributed by atoms with Crippen LogP contribution in [0, 0.1) is 11.8 Å². The van der Waals surface area contributed by atoms with Gasteiger partial charge in [0.15, 0.2) is 46.0 Å². The van der Waals surface area contributed by atoms with Gasteiger partial charge in [-0.1, -0.05) is 38.1 Å². The highest BCUT2D eigenvalue weighted by Gasteiger charge is 2.41. The maximum atomic E-state index is 11.1. The molecule has 4 aromatic carbocycles. The number of aliphatic hydroxyl groups is 2. The third kappa shape index (κ3) is 7.39. The highest BCUT2D eigenvalue weighted by Crippen LogP contribution is 2.51. The molecule has 2 aliphatic heterocycles.